The van der Waals surface area contributed by atoms with Crippen molar-refractivity contribution in [2.45, 2.75) is 12.7 Å². The predicted molar refractivity (Wildman–Crippen MR) is 95.2 cm³/mol. The van der Waals surface area contributed by atoms with Gasteiger partial charge in [-0.05, 0) is 35.9 Å². The molecule has 0 radical (unpaired) electrons. The first kappa shape index (κ1) is 19.4. The van der Waals surface area contributed by atoms with Crippen LogP contribution >= 0.6 is 0 Å². The monoisotopic (exact) mass is 390 g/mol. The Morgan fingerprint density at radius 3 is 2.32 bits per heavy atom. The summed E-state index contributed by atoms with van der Waals surface area (Å²) in [6.45, 7) is 0.274. The molecule has 0 aliphatic carbocycles. The van der Waals surface area contributed by atoms with Gasteiger partial charge in [0.2, 0.25) is 0 Å². The lowest BCUT2D eigenvalue weighted by Gasteiger charge is -2.20. The van der Waals surface area contributed by atoms with Crippen LogP contribution in [0.3, 0.4) is 0 Å². The molecule has 6 nitrogen and oxygen atoms in total. The minimum atomic E-state index is -4.54. The maximum atomic E-state index is 13.1. The maximum absolute atomic E-state index is 13.1. The van der Waals surface area contributed by atoms with Crippen molar-refractivity contribution in [1.29, 1.82) is 0 Å². The van der Waals surface area contributed by atoms with Crippen molar-refractivity contribution < 1.29 is 22.7 Å². The Morgan fingerprint density at radius 2 is 1.75 bits per heavy atom. The molecule has 3 aromatic rings. The zero-order valence-electron chi connectivity index (χ0n) is 15.1. The summed E-state index contributed by atoms with van der Waals surface area (Å²) in [5, 5.41) is 7.74. The van der Waals surface area contributed by atoms with E-state index in [1.807, 2.05) is 12.1 Å². The number of methoxy groups -OCH3 is 1. The van der Waals surface area contributed by atoms with Gasteiger partial charge in [-0.15, -0.1) is 0 Å². The van der Waals surface area contributed by atoms with E-state index in [2.05, 4.69) is 10.2 Å². The number of hydrogen-bond donors (Lipinski definition) is 0. The third-order valence-electron chi connectivity index (χ3n) is 4.12. The molecule has 0 N–H and O–H groups in total. The average Bonchev–Trinajstić information content (AvgIpc) is 3.21. The summed E-state index contributed by atoms with van der Waals surface area (Å²) in [5.41, 5.74) is 0.00287. The highest BCUT2D eigenvalue weighted by molar-refractivity contribution is 5.97. The summed E-state index contributed by atoms with van der Waals surface area (Å²) in [6, 6.07) is 10.1. The van der Waals surface area contributed by atoms with Crippen LogP contribution in [0.2, 0.25) is 0 Å². The van der Waals surface area contributed by atoms with Crippen LogP contribution in [-0.4, -0.2) is 40.0 Å². The molecule has 28 heavy (non-hydrogen) atoms. The first-order valence-corrected chi connectivity index (χ1v) is 8.26. The molecule has 0 saturated carbocycles. The lowest BCUT2D eigenvalue weighted by Crippen LogP contribution is -2.27. The topological polar surface area (TPSA) is 60.2 Å². The lowest BCUT2D eigenvalue weighted by molar-refractivity contribution is -0.137. The number of rotatable bonds is 5. The molecule has 0 fully saturated rings. The average molecular weight is 390 g/mol. The number of hydrogen-bond acceptors (Lipinski definition) is 4. The van der Waals surface area contributed by atoms with Gasteiger partial charge in [0.1, 0.15) is 5.75 Å². The molecule has 0 aliphatic rings. The van der Waals surface area contributed by atoms with Crippen molar-refractivity contribution in [3.63, 3.8) is 0 Å². The Morgan fingerprint density at radius 1 is 1.11 bits per heavy atom. The molecule has 0 bridgehead atoms. The molecule has 146 valence electrons. The van der Waals surface area contributed by atoms with Crippen LogP contribution in [0.25, 0.3) is 5.69 Å². The fourth-order valence-corrected chi connectivity index (χ4v) is 2.68. The molecule has 0 atom stereocenters. The molecule has 9 heteroatoms. The smallest absolute Gasteiger partial charge is 0.416 e. The summed E-state index contributed by atoms with van der Waals surface area (Å²) >= 11 is 0. The van der Waals surface area contributed by atoms with E-state index in [1.54, 1.807) is 26.3 Å². The Hall–Kier alpha value is -3.36. The minimum Gasteiger partial charge on any atom is -0.497 e. The van der Waals surface area contributed by atoms with Gasteiger partial charge in [-0.25, -0.2) is 0 Å². The Balaban J connectivity index is 1.91. The molecule has 0 aliphatic heterocycles. The first-order valence-electron chi connectivity index (χ1n) is 8.26. The van der Waals surface area contributed by atoms with Gasteiger partial charge >= 0.3 is 6.18 Å². The number of amides is 1. The van der Waals surface area contributed by atoms with E-state index < -0.39 is 17.6 Å². The minimum absolute atomic E-state index is 0.0357. The normalized spacial score (nSPS) is 11.3. The standard InChI is InChI=1S/C19H17F3N4O2/c1-25(12-13-3-6-15(28-2)7-4-13)18(27)16-8-5-14(19(20,21)22)11-17(16)26-23-9-10-24-26/h3-11H,12H2,1-2H3. The summed E-state index contributed by atoms with van der Waals surface area (Å²) in [5.74, 6) is 0.240. The van der Waals surface area contributed by atoms with Gasteiger partial charge in [0.15, 0.2) is 0 Å². The van der Waals surface area contributed by atoms with Crippen molar-refractivity contribution in [3.05, 3.63) is 71.5 Å². The van der Waals surface area contributed by atoms with E-state index in [1.165, 1.54) is 17.3 Å². The lowest BCUT2D eigenvalue weighted by atomic mass is 10.1. The van der Waals surface area contributed by atoms with E-state index >= 15 is 0 Å². The largest absolute Gasteiger partial charge is 0.497 e. The second-order valence-electron chi connectivity index (χ2n) is 6.06. The second kappa shape index (κ2) is 7.71. The number of benzene rings is 2. The molecule has 1 aromatic heterocycles. The molecule has 1 heterocycles. The zero-order chi connectivity index (χ0) is 20.3. The van der Waals surface area contributed by atoms with Crippen molar-refractivity contribution >= 4 is 5.91 Å². The van der Waals surface area contributed by atoms with E-state index in [0.29, 0.717) is 5.75 Å². The van der Waals surface area contributed by atoms with Crippen molar-refractivity contribution in [3.8, 4) is 11.4 Å². The third kappa shape index (κ3) is 4.13. The number of carbonyl (C=O) groups excluding carboxylic acids is 1. The van der Waals surface area contributed by atoms with Gasteiger partial charge in [-0.1, -0.05) is 12.1 Å². The van der Waals surface area contributed by atoms with Crippen LogP contribution in [-0.2, 0) is 12.7 Å². The van der Waals surface area contributed by atoms with Gasteiger partial charge in [0.05, 0.1) is 36.3 Å². The van der Waals surface area contributed by atoms with Crippen molar-refractivity contribution in [2.24, 2.45) is 0 Å². The molecule has 3 rings (SSSR count). The van der Waals surface area contributed by atoms with E-state index in [4.69, 9.17) is 4.74 Å². The Bertz CT molecular complexity index is 954. The van der Waals surface area contributed by atoms with Gasteiger partial charge < -0.3 is 9.64 Å². The van der Waals surface area contributed by atoms with E-state index in [-0.39, 0.29) is 17.8 Å². The number of alkyl halides is 3. The molecule has 0 spiro atoms. The fraction of sp³-hybridized carbons (Fsp3) is 0.211. The summed E-state index contributed by atoms with van der Waals surface area (Å²) in [4.78, 5) is 15.3. The van der Waals surface area contributed by atoms with Crippen LogP contribution < -0.4 is 4.74 Å². The highest BCUT2D eigenvalue weighted by Crippen LogP contribution is 2.31. The zero-order valence-corrected chi connectivity index (χ0v) is 15.1. The van der Waals surface area contributed by atoms with Crippen LogP contribution in [0, 0.1) is 0 Å². The van der Waals surface area contributed by atoms with E-state index in [9.17, 15) is 18.0 Å². The molecule has 1 amide bonds. The van der Waals surface area contributed by atoms with Crippen LogP contribution in [0.15, 0.2) is 54.9 Å². The molecule has 2 aromatic carbocycles. The molecule has 0 unspecified atom stereocenters. The summed E-state index contributed by atoms with van der Waals surface area (Å²) < 4.78 is 44.4. The highest BCUT2D eigenvalue weighted by atomic mass is 19.4. The SMILES string of the molecule is COc1ccc(CN(C)C(=O)c2ccc(C(F)(F)F)cc2-n2nccn2)cc1. The number of carbonyl (C=O) groups is 1. The molecular weight excluding hydrogens is 373 g/mol. The van der Waals surface area contributed by atoms with Gasteiger partial charge in [0.25, 0.3) is 5.91 Å². The third-order valence-corrected chi connectivity index (χ3v) is 4.12. The maximum Gasteiger partial charge on any atom is 0.416 e. The summed E-state index contributed by atoms with van der Waals surface area (Å²) in [7, 11) is 3.13. The first-order chi connectivity index (χ1) is 13.3. The van der Waals surface area contributed by atoms with Gasteiger partial charge in [-0.3, -0.25) is 4.79 Å². The van der Waals surface area contributed by atoms with Crippen molar-refractivity contribution in [1.82, 2.24) is 19.9 Å². The van der Waals surface area contributed by atoms with Crippen LogP contribution in [0.1, 0.15) is 21.5 Å². The second-order valence-corrected chi connectivity index (χ2v) is 6.06. The molecular formula is C19H17F3N4O2. The Kier molecular flexibility index (Phi) is 5.34. The summed E-state index contributed by atoms with van der Waals surface area (Å²) in [6.07, 6.45) is -1.89. The van der Waals surface area contributed by atoms with E-state index in [0.717, 1.165) is 28.6 Å². The number of nitrogens with zero attached hydrogens (tertiary/aromatic N) is 4. The van der Waals surface area contributed by atoms with Gasteiger partial charge in [-0.2, -0.15) is 28.2 Å². The highest BCUT2D eigenvalue weighted by Gasteiger charge is 2.32. The van der Waals surface area contributed by atoms with Crippen LogP contribution in [0.4, 0.5) is 13.2 Å². The molecule has 0 saturated heterocycles. The number of ether oxygens (including phenoxy) is 1. The fourth-order valence-electron chi connectivity index (χ4n) is 2.68. The number of halogens is 3. The quantitative estimate of drug-likeness (QED) is 0.668. The Labute approximate surface area is 159 Å². The van der Waals surface area contributed by atoms with Gasteiger partial charge in [0, 0.05) is 13.6 Å². The van der Waals surface area contributed by atoms with Crippen LogP contribution in [0.5, 0.6) is 5.75 Å². The van der Waals surface area contributed by atoms with Crippen molar-refractivity contribution in [2.75, 3.05) is 14.2 Å². The number of aromatic nitrogens is 3. The predicted octanol–water partition coefficient (Wildman–Crippen LogP) is 3.57.